The van der Waals surface area contributed by atoms with Crippen molar-refractivity contribution in [2.75, 3.05) is 19.6 Å². The van der Waals surface area contributed by atoms with Gasteiger partial charge < -0.3 is 47.3 Å². The molecule has 0 aromatic carbocycles. The van der Waals surface area contributed by atoms with Crippen LogP contribution in [0.3, 0.4) is 0 Å². The second-order valence-electron chi connectivity index (χ2n) is 5.45. The van der Waals surface area contributed by atoms with E-state index in [2.05, 4.69) is 10.6 Å². The molecule has 194 valence electrons. The Morgan fingerprint density at radius 2 is 1.53 bits per heavy atom. The molecule has 0 unspecified atom stereocenters. The van der Waals surface area contributed by atoms with Gasteiger partial charge >= 0.3 is 70.0 Å². The van der Waals surface area contributed by atoms with Gasteiger partial charge in [-0.3, -0.25) is 4.79 Å². The molecule has 10 nitrogen and oxygen atoms in total. The van der Waals surface area contributed by atoms with Crippen molar-refractivity contribution in [2.45, 2.75) is 39.3 Å². The molecule has 0 saturated carbocycles. The van der Waals surface area contributed by atoms with Crippen LogP contribution in [0.5, 0.6) is 0 Å². The van der Waals surface area contributed by atoms with Crippen LogP contribution in [0.25, 0.3) is 5.32 Å². The van der Waals surface area contributed by atoms with Gasteiger partial charge in [-0.15, -0.1) is 13.1 Å². The van der Waals surface area contributed by atoms with E-state index in [9.17, 15) is 9.90 Å². The number of piperidine rings is 1. The predicted octanol–water partition coefficient (Wildman–Crippen LogP) is 1.01. The maximum absolute atomic E-state index is 10.5. The van der Waals surface area contributed by atoms with E-state index >= 15 is 0 Å². The number of dihydropyridines is 1. The van der Waals surface area contributed by atoms with Gasteiger partial charge in [-0.25, -0.2) is 0 Å². The van der Waals surface area contributed by atoms with Gasteiger partial charge in [0.2, 0.25) is 5.91 Å². The average Bonchev–Trinajstić information content (AvgIpc) is 2.70. The SMILES string of the molecule is CC(O)O.CC(O)O.N=C([O-])C1=CCNC=C1.NC(=O)C1CC[N-]CC1.[Cl][Re][Cl].[Cl][Re][Cl]. The van der Waals surface area contributed by atoms with Gasteiger partial charge in [0.1, 0.15) is 12.6 Å². The Hall–Kier alpha value is 0.505. The van der Waals surface area contributed by atoms with Crippen molar-refractivity contribution < 1.29 is 62.2 Å². The average molecular weight is 889 g/mol. The fourth-order valence-electron chi connectivity index (χ4n) is 1.66. The number of nitrogens with two attached hydrogens (primary N) is 1. The number of hydrogen-bond donors (Lipinski definition) is 7. The second-order valence-corrected chi connectivity index (χ2v) is 13.3. The van der Waals surface area contributed by atoms with E-state index < -0.39 is 50.4 Å². The summed E-state index contributed by atoms with van der Waals surface area (Å²) in [6.07, 6.45) is 4.33. The number of nitrogens with one attached hydrogen (secondary N) is 2. The van der Waals surface area contributed by atoms with Crippen LogP contribution in [0.15, 0.2) is 23.9 Å². The molecule has 0 bridgehead atoms. The Balaban J connectivity index is -0.000000159. The number of aliphatic hydroxyl groups is 4. The first kappa shape index (κ1) is 39.7. The summed E-state index contributed by atoms with van der Waals surface area (Å²) in [6, 6.07) is 0. The number of amides is 1. The number of halogens is 4. The summed E-state index contributed by atoms with van der Waals surface area (Å²) in [6.45, 7) is 4.83. The monoisotopic (exact) mass is 888 g/mol. The van der Waals surface area contributed by atoms with Crippen molar-refractivity contribution in [3.05, 3.63) is 29.2 Å². The zero-order valence-corrected chi connectivity index (χ0v) is 25.9. The molecule has 2 aliphatic rings. The normalized spacial score (nSPS) is 14.1. The molecule has 1 amide bonds. The number of nitrogens with zero attached hydrogens (tertiary/aromatic N) is 1. The van der Waals surface area contributed by atoms with E-state index in [1.54, 1.807) is 18.4 Å². The molecule has 8 N–H and O–H groups in total. The summed E-state index contributed by atoms with van der Waals surface area (Å²) in [5, 5.41) is 54.4. The van der Waals surface area contributed by atoms with E-state index in [0.29, 0.717) is 12.1 Å². The Kier molecular flexibility index (Phi) is 39.1. The first-order valence-electron chi connectivity index (χ1n) is 8.65. The molecule has 1 fully saturated rings. The molecule has 2 rings (SSSR count). The zero-order chi connectivity index (χ0) is 25.9. The quantitative estimate of drug-likeness (QED) is 0.122. The Morgan fingerprint density at radius 1 is 1.16 bits per heavy atom. The molecular formula is C16H30Cl4N4O6Re2-2. The van der Waals surface area contributed by atoms with Gasteiger partial charge in [0.25, 0.3) is 0 Å². The number of primary amides is 1. The van der Waals surface area contributed by atoms with Crippen molar-refractivity contribution in [2.24, 2.45) is 11.7 Å². The minimum atomic E-state index is -1.17. The van der Waals surface area contributed by atoms with E-state index in [-0.39, 0.29) is 11.8 Å². The second kappa shape index (κ2) is 31.5. The molecule has 2 heterocycles. The molecule has 16 heteroatoms. The van der Waals surface area contributed by atoms with Crippen LogP contribution in [0.2, 0.25) is 0 Å². The third kappa shape index (κ3) is 44.2. The summed E-state index contributed by atoms with van der Waals surface area (Å²) in [4.78, 5) is 10.5. The molecule has 0 aromatic heterocycles. The summed E-state index contributed by atoms with van der Waals surface area (Å²) < 4.78 is 0. The summed E-state index contributed by atoms with van der Waals surface area (Å²) in [7, 11) is 19.7. The third-order valence-corrected chi connectivity index (χ3v) is 2.76. The Bertz CT molecular complexity index is 488. The van der Waals surface area contributed by atoms with Crippen LogP contribution in [-0.4, -0.2) is 64.4 Å². The van der Waals surface area contributed by atoms with Gasteiger partial charge in [-0.05, 0) is 37.6 Å². The maximum atomic E-state index is 10.5. The molecule has 0 atom stereocenters. The van der Waals surface area contributed by atoms with Crippen LogP contribution < -0.4 is 16.2 Å². The van der Waals surface area contributed by atoms with Gasteiger partial charge in [-0.2, -0.15) is 0 Å². The van der Waals surface area contributed by atoms with Gasteiger partial charge in [0, 0.05) is 12.5 Å². The Morgan fingerprint density at radius 3 is 1.72 bits per heavy atom. The van der Waals surface area contributed by atoms with Gasteiger partial charge in [0.15, 0.2) is 0 Å². The number of carbonyl (C=O) groups is 1. The van der Waals surface area contributed by atoms with Crippen LogP contribution in [0.1, 0.15) is 26.7 Å². The van der Waals surface area contributed by atoms with Crippen LogP contribution >= 0.6 is 38.1 Å². The van der Waals surface area contributed by atoms with E-state index in [1.165, 1.54) is 13.8 Å². The van der Waals surface area contributed by atoms with E-state index in [1.807, 2.05) is 0 Å². The first-order valence-corrected chi connectivity index (χ1v) is 22.1. The molecule has 0 radical (unpaired) electrons. The summed E-state index contributed by atoms with van der Waals surface area (Å²) >= 11 is -1.44. The number of hydrogen-bond acceptors (Lipinski definition) is 8. The van der Waals surface area contributed by atoms with E-state index in [4.69, 9.17) is 69.7 Å². The van der Waals surface area contributed by atoms with Crippen LogP contribution in [0.4, 0.5) is 0 Å². The first-order chi connectivity index (χ1) is 14.9. The molecule has 1 saturated heterocycles. The van der Waals surface area contributed by atoms with E-state index in [0.717, 1.165) is 25.9 Å². The number of carbonyl (C=O) groups excluding carboxylic acids is 1. The summed E-state index contributed by atoms with van der Waals surface area (Å²) in [5.41, 5.74) is 5.55. The number of rotatable bonds is 2. The van der Waals surface area contributed by atoms with Crippen LogP contribution in [-0.2, 0) is 36.7 Å². The fourth-order valence-corrected chi connectivity index (χ4v) is 1.66. The fraction of sp³-hybridized carbons (Fsp3) is 0.625. The van der Waals surface area contributed by atoms with Crippen molar-refractivity contribution >= 4 is 49.9 Å². The van der Waals surface area contributed by atoms with Gasteiger partial charge in [-0.1, -0.05) is 18.9 Å². The molecule has 2 aliphatic heterocycles. The van der Waals surface area contributed by atoms with Crippen LogP contribution in [0, 0.1) is 11.3 Å². The molecule has 0 aliphatic carbocycles. The molecular weight excluding hydrogens is 858 g/mol. The van der Waals surface area contributed by atoms with Crippen molar-refractivity contribution in [1.29, 1.82) is 5.41 Å². The predicted molar refractivity (Wildman–Crippen MR) is 119 cm³/mol. The van der Waals surface area contributed by atoms with Crippen molar-refractivity contribution in [3.8, 4) is 0 Å². The molecule has 0 spiro atoms. The standard InChI is InChI=1S/C6H11N2O.C6H8N2O.2C2H6O2.4ClH.2Re/c2*7-6(9)5-1-3-8-4-2-5;2*1-2(3)4;;;;;;/h5H,1-4H2,(H2,7,9);1-3,8H,4H2,(H2,7,9);2*2-4H,1H3;4*1H;;/q-1;;;;;;;;2*+2/p-5. The number of aliphatic hydroxyl groups excluding tert-OH is 2. The Labute approximate surface area is 221 Å². The molecule has 32 heavy (non-hydrogen) atoms. The summed E-state index contributed by atoms with van der Waals surface area (Å²) in [5.74, 6) is -0.680. The third-order valence-electron chi connectivity index (χ3n) is 2.76. The topological polar surface area (TPSA) is 197 Å². The molecule has 0 aromatic rings. The minimum absolute atomic E-state index is 0.0995. The van der Waals surface area contributed by atoms with Crippen molar-refractivity contribution in [3.63, 3.8) is 0 Å². The van der Waals surface area contributed by atoms with Crippen molar-refractivity contribution in [1.82, 2.24) is 5.32 Å². The van der Waals surface area contributed by atoms with Gasteiger partial charge in [0.05, 0.1) is 0 Å². The zero-order valence-electron chi connectivity index (χ0n) is 17.4.